The van der Waals surface area contributed by atoms with Gasteiger partial charge >= 0.3 is 16.4 Å². The molecule has 9 N–H and O–H groups in total. The zero-order valence-electron chi connectivity index (χ0n) is 26.0. The fraction of sp³-hybridized carbons (Fsp3) is 0.385. The molecule has 0 aliphatic carbocycles. The first-order chi connectivity index (χ1) is 22.8. The molecule has 19 nitrogen and oxygen atoms in total. The molecule has 4 rings (SSSR count). The lowest BCUT2D eigenvalue weighted by molar-refractivity contribution is -0.772. The number of hydrogen-bond acceptors (Lipinski definition) is 14. The third kappa shape index (κ3) is 8.17. The summed E-state index contributed by atoms with van der Waals surface area (Å²) < 4.78 is 59.4. The number of nitrogens with zero attached hydrogens (tertiary/aromatic N) is 5. The van der Waals surface area contributed by atoms with Crippen LogP contribution in [0.15, 0.2) is 29.6 Å². The number of thiazole rings is 1. The largest absolute Gasteiger partial charge is 0.489 e. The molecule has 1 aromatic carbocycles. The molecule has 2 aromatic heterocycles. The fourth-order valence-electron chi connectivity index (χ4n) is 4.60. The van der Waals surface area contributed by atoms with Gasteiger partial charge in [-0.15, -0.1) is 13.6 Å². The first-order valence-electron chi connectivity index (χ1n) is 14.0. The number of aromatic nitrogens is 3. The van der Waals surface area contributed by atoms with E-state index in [4.69, 9.17) is 42.9 Å². The molecule has 1 saturated heterocycles. The van der Waals surface area contributed by atoms with Crippen LogP contribution >= 0.6 is 22.9 Å². The Morgan fingerprint density at radius 3 is 2.55 bits per heavy atom. The molecule has 1 aliphatic heterocycles. The van der Waals surface area contributed by atoms with Gasteiger partial charge in [0, 0.05) is 18.1 Å². The summed E-state index contributed by atoms with van der Waals surface area (Å²) in [7, 11) is -3.35. The predicted molar refractivity (Wildman–Crippen MR) is 171 cm³/mol. The normalized spacial score (nSPS) is 16.6. The molecule has 3 heterocycles. The van der Waals surface area contributed by atoms with Crippen LogP contribution in [-0.4, -0.2) is 87.1 Å². The summed E-state index contributed by atoms with van der Waals surface area (Å²) in [6.07, 6.45) is 0.487. The fourth-order valence-corrected chi connectivity index (χ4v) is 5.99. The lowest BCUT2D eigenvalue weighted by atomic mass is 9.84. The molecule has 1 fully saturated rings. The molecule has 0 radical (unpaired) electrons. The topological polar surface area (TPSA) is 281 Å². The third-order valence-corrected chi connectivity index (χ3v) is 8.64. The number of aliphatic carboxylic acids is 1. The number of amides is 2. The van der Waals surface area contributed by atoms with Gasteiger partial charge in [-0.25, -0.2) is 14.2 Å². The molecule has 23 heteroatoms. The number of hydroxylamine groups is 2. The number of nitrogen functional groups attached to an aromatic ring is 2. The summed E-state index contributed by atoms with van der Waals surface area (Å²) in [4.78, 5) is 46.9. The molecule has 0 spiro atoms. The maximum absolute atomic E-state index is 15.2. The van der Waals surface area contributed by atoms with Crippen LogP contribution in [0.4, 0.5) is 15.3 Å². The van der Waals surface area contributed by atoms with Crippen LogP contribution in [0.1, 0.15) is 26.0 Å². The highest BCUT2D eigenvalue weighted by Crippen LogP contribution is 2.34. The highest BCUT2D eigenvalue weighted by atomic mass is 35.5. The van der Waals surface area contributed by atoms with E-state index in [1.807, 2.05) is 0 Å². The maximum atomic E-state index is 15.2. The van der Waals surface area contributed by atoms with Crippen molar-refractivity contribution in [3.05, 3.63) is 40.2 Å². The second kappa shape index (κ2) is 14.5. The van der Waals surface area contributed by atoms with Gasteiger partial charge in [-0.3, -0.25) is 14.1 Å². The minimum atomic E-state index is -5.07. The summed E-state index contributed by atoms with van der Waals surface area (Å²) >= 11 is 6.91. The highest BCUT2D eigenvalue weighted by molar-refractivity contribution is 7.80. The number of carboxylic acids is 1. The molecular formula is C26H32ClFN9O10S2+. The Kier molecular flexibility index (Phi) is 11.0. The second-order valence-electron chi connectivity index (χ2n) is 11.0. The summed E-state index contributed by atoms with van der Waals surface area (Å²) in [6, 6.07) is 2.40. The third-order valence-electron chi connectivity index (χ3n) is 7.22. The second-order valence-corrected chi connectivity index (χ2v) is 13.6. The Morgan fingerprint density at radius 2 is 2.00 bits per heavy atom. The van der Waals surface area contributed by atoms with Crippen molar-refractivity contribution in [2.75, 3.05) is 24.6 Å². The smallest absolute Gasteiger partial charge is 0.418 e. The van der Waals surface area contributed by atoms with Crippen molar-refractivity contribution in [1.29, 1.82) is 0 Å². The molecule has 2 atom stereocenters. The number of oxime groups is 1. The SMILES string of the molecule is Cn1c(N)c(-c2ccc(OC[C@H](O/N=C(\C(=O)NC3C(=O)N(OS(=O)(=O)O)C3(C)C)c3nc(N)sc3Cl)C(=O)O)cc2F)c[n+]1CCCN. The summed E-state index contributed by atoms with van der Waals surface area (Å²) in [5.74, 6) is -4.28. The van der Waals surface area contributed by atoms with Crippen molar-refractivity contribution in [3.8, 4) is 16.9 Å². The van der Waals surface area contributed by atoms with Crippen molar-refractivity contribution in [2.24, 2.45) is 17.9 Å². The Labute approximate surface area is 286 Å². The number of β-lactam (4-membered cyclic amide) rings is 1. The Morgan fingerprint density at radius 1 is 1.31 bits per heavy atom. The summed E-state index contributed by atoms with van der Waals surface area (Å²) in [6.45, 7) is 2.92. The lowest BCUT2D eigenvalue weighted by Gasteiger charge is -2.50. The molecule has 0 bridgehead atoms. The van der Waals surface area contributed by atoms with Crippen LogP contribution in [0.5, 0.6) is 5.75 Å². The van der Waals surface area contributed by atoms with Crippen molar-refractivity contribution in [2.45, 2.75) is 44.5 Å². The van der Waals surface area contributed by atoms with Gasteiger partial charge in [0.2, 0.25) is 6.20 Å². The number of nitrogens with one attached hydrogen (secondary N) is 1. The van der Waals surface area contributed by atoms with E-state index in [0.29, 0.717) is 36.0 Å². The van der Waals surface area contributed by atoms with Gasteiger partial charge in [0.25, 0.3) is 17.9 Å². The number of halogens is 2. The van der Waals surface area contributed by atoms with E-state index in [0.717, 1.165) is 17.4 Å². The van der Waals surface area contributed by atoms with E-state index >= 15 is 4.39 Å². The quantitative estimate of drug-likeness (QED) is 0.0387. The van der Waals surface area contributed by atoms with E-state index < -0.39 is 64.0 Å². The first-order valence-corrected chi connectivity index (χ1v) is 16.6. The van der Waals surface area contributed by atoms with Crippen LogP contribution in [0.25, 0.3) is 11.1 Å². The summed E-state index contributed by atoms with van der Waals surface area (Å²) in [5.41, 5.74) is 15.5. The molecule has 266 valence electrons. The number of anilines is 2. The molecule has 0 saturated carbocycles. The van der Waals surface area contributed by atoms with Crippen LogP contribution in [0.2, 0.25) is 4.34 Å². The van der Waals surface area contributed by atoms with E-state index in [-0.39, 0.29) is 26.5 Å². The van der Waals surface area contributed by atoms with Crippen molar-refractivity contribution >= 4 is 67.8 Å². The van der Waals surface area contributed by atoms with Gasteiger partial charge in [-0.1, -0.05) is 28.1 Å². The van der Waals surface area contributed by atoms with E-state index in [9.17, 15) is 27.9 Å². The van der Waals surface area contributed by atoms with Crippen LogP contribution in [-0.2, 0) is 47.5 Å². The zero-order valence-corrected chi connectivity index (χ0v) is 28.4. The van der Waals surface area contributed by atoms with Gasteiger partial charge in [0.05, 0.1) is 18.2 Å². The molecule has 3 aromatic rings. The van der Waals surface area contributed by atoms with Crippen LogP contribution in [0, 0.1) is 5.82 Å². The van der Waals surface area contributed by atoms with E-state index in [1.54, 1.807) is 22.6 Å². The van der Waals surface area contributed by atoms with Crippen LogP contribution in [0.3, 0.4) is 0 Å². The minimum absolute atomic E-state index is 0.0683. The molecule has 49 heavy (non-hydrogen) atoms. The molecule has 1 unspecified atom stereocenters. The predicted octanol–water partition coefficient (Wildman–Crippen LogP) is -0.165. The minimum Gasteiger partial charge on any atom is -0.489 e. The average molecular weight is 749 g/mol. The summed E-state index contributed by atoms with van der Waals surface area (Å²) in [5, 5.41) is 15.9. The monoisotopic (exact) mass is 748 g/mol. The maximum Gasteiger partial charge on any atom is 0.418 e. The van der Waals surface area contributed by atoms with Gasteiger partial charge in [0.1, 0.15) is 34.2 Å². The average Bonchev–Trinajstić information content (AvgIpc) is 3.50. The highest BCUT2D eigenvalue weighted by Gasteiger charge is 2.58. The molecular weight excluding hydrogens is 717 g/mol. The Balaban J connectivity index is 1.51. The van der Waals surface area contributed by atoms with Gasteiger partial charge in [0.15, 0.2) is 23.2 Å². The number of carbonyl (C=O) groups is 3. The van der Waals surface area contributed by atoms with Gasteiger partial charge < -0.3 is 37.2 Å². The Hall–Kier alpha value is -4.61. The number of ether oxygens (including phenoxy) is 1. The Bertz CT molecular complexity index is 1920. The number of benzene rings is 1. The molecule has 2 amide bonds. The number of rotatable bonds is 15. The van der Waals surface area contributed by atoms with Crippen molar-refractivity contribution < 1.29 is 55.4 Å². The van der Waals surface area contributed by atoms with Gasteiger partial charge in [-0.05, 0) is 32.5 Å². The van der Waals surface area contributed by atoms with Crippen molar-refractivity contribution in [1.82, 2.24) is 20.0 Å². The standard InChI is InChI=1S/C26H31ClFN9O10S2/c1-26(2)19(23(39)37(26)47-49(42,43)44)33-22(38)18(17-20(27)48-25(31)32-17)34-46-16(24(40)41)11-45-12-5-6-13(15(28)9-12)14-10-36(8-4-7-29)35(3)21(14)30/h5-6,9-10,16,19,30H,4,7-8,11,29H2,1-3H3,(H5,31,32,33,38,40,41,42,43,44)/p+1/b34-18-/t16-,19?/m0/s1. The lowest BCUT2D eigenvalue weighted by Crippen LogP contribution is -2.76. The van der Waals surface area contributed by atoms with E-state index in [2.05, 4.69) is 19.7 Å². The zero-order chi connectivity index (χ0) is 36.4. The van der Waals surface area contributed by atoms with E-state index in [1.165, 1.54) is 26.0 Å². The first kappa shape index (κ1) is 37.2. The van der Waals surface area contributed by atoms with Crippen molar-refractivity contribution in [3.63, 3.8) is 0 Å². The number of hydrogen-bond donors (Lipinski definition) is 6. The van der Waals surface area contributed by atoms with Crippen LogP contribution < -0.4 is 31.9 Å². The van der Waals surface area contributed by atoms with Gasteiger partial charge in [-0.2, -0.15) is 13.5 Å². The number of nitrogens with two attached hydrogens (primary N) is 3. The molecule has 1 aliphatic rings. The number of aryl methyl sites for hydroxylation is 1. The number of carboxylic acid groups (broad SMARTS) is 1. The number of carbonyl (C=O) groups excluding carboxylic acids is 2.